The van der Waals surface area contributed by atoms with E-state index in [0.717, 1.165) is 48.4 Å². The molecular formula is C21H22N4O3. The molecule has 0 saturated carbocycles. The highest BCUT2D eigenvalue weighted by Crippen LogP contribution is 2.12. The molecule has 28 heavy (non-hydrogen) atoms. The molecule has 0 atom stereocenters. The minimum absolute atomic E-state index is 0.186. The van der Waals surface area contributed by atoms with Crippen molar-refractivity contribution in [2.24, 2.45) is 4.99 Å². The van der Waals surface area contributed by atoms with E-state index in [4.69, 9.17) is 5.11 Å². The summed E-state index contributed by atoms with van der Waals surface area (Å²) >= 11 is 0. The van der Waals surface area contributed by atoms with Gasteiger partial charge < -0.3 is 21.1 Å². The maximum Gasteiger partial charge on any atom is 0.328 e. The van der Waals surface area contributed by atoms with Crippen LogP contribution in [-0.4, -0.2) is 36.0 Å². The molecule has 2 aromatic carbocycles. The van der Waals surface area contributed by atoms with Crippen LogP contribution in [0.3, 0.4) is 0 Å². The average Bonchev–Trinajstić information content (AvgIpc) is 2.72. The zero-order valence-electron chi connectivity index (χ0n) is 15.3. The van der Waals surface area contributed by atoms with E-state index in [-0.39, 0.29) is 5.91 Å². The van der Waals surface area contributed by atoms with Crippen molar-refractivity contribution in [3.05, 3.63) is 71.3 Å². The smallest absolute Gasteiger partial charge is 0.328 e. The van der Waals surface area contributed by atoms with Crippen LogP contribution in [0.15, 0.2) is 59.6 Å². The van der Waals surface area contributed by atoms with Gasteiger partial charge in [-0.05, 0) is 47.9 Å². The zero-order chi connectivity index (χ0) is 19.8. The Morgan fingerprint density at radius 3 is 2.82 bits per heavy atom. The Bertz CT molecular complexity index is 921. The second kappa shape index (κ2) is 9.36. The first-order chi connectivity index (χ1) is 13.6. The number of hydrogen-bond acceptors (Lipinski definition) is 5. The van der Waals surface area contributed by atoms with E-state index < -0.39 is 5.97 Å². The Balaban J connectivity index is 1.60. The molecule has 144 valence electrons. The molecule has 0 saturated heterocycles. The molecule has 2 aromatic rings. The van der Waals surface area contributed by atoms with Gasteiger partial charge in [-0.3, -0.25) is 9.79 Å². The van der Waals surface area contributed by atoms with Crippen molar-refractivity contribution < 1.29 is 14.7 Å². The summed E-state index contributed by atoms with van der Waals surface area (Å²) in [6, 6.07) is 14.6. The third-order valence-corrected chi connectivity index (χ3v) is 4.11. The number of aliphatic carboxylic acids is 1. The minimum Gasteiger partial charge on any atom is -0.478 e. The SMILES string of the molecule is O=C(O)C=Cc1cccc(CNC(=O)c2cccc(NC3=NCCCN3)c2)c1. The highest BCUT2D eigenvalue weighted by atomic mass is 16.4. The quantitative estimate of drug-likeness (QED) is 0.579. The van der Waals surface area contributed by atoms with E-state index in [0.29, 0.717) is 12.1 Å². The van der Waals surface area contributed by atoms with Crippen molar-refractivity contribution in [2.45, 2.75) is 13.0 Å². The van der Waals surface area contributed by atoms with Gasteiger partial charge in [0.25, 0.3) is 5.91 Å². The van der Waals surface area contributed by atoms with E-state index in [2.05, 4.69) is 20.9 Å². The third kappa shape index (κ3) is 5.70. The lowest BCUT2D eigenvalue weighted by atomic mass is 10.1. The number of carboxylic acids is 1. The van der Waals surface area contributed by atoms with Crippen molar-refractivity contribution in [3.63, 3.8) is 0 Å². The summed E-state index contributed by atoms with van der Waals surface area (Å²) in [6.45, 7) is 2.02. The molecule has 3 rings (SSSR count). The molecular weight excluding hydrogens is 356 g/mol. The Labute approximate surface area is 163 Å². The van der Waals surface area contributed by atoms with Crippen LogP contribution in [0.25, 0.3) is 6.08 Å². The van der Waals surface area contributed by atoms with Crippen molar-refractivity contribution in [1.82, 2.24) is 10.6 Å². The Kier molecular flexibility index (Phi) is 6.41. The third-order valence-electron chi connectivity index (χ3n) is 4.11. The van der Waals surface area contributed by atoms with E-state index in [1.807, 2.05) is 36.4 Å². The summed E-state index contributed by atoms with van der Waals surface area (Å²) < 4.78 is 0. The number of carbonyl (C=O) groups is 2. The monoisotopic (exact) mass is 378 g/mol. The number of hydrogen-bond donors (Lipinski definition) is 4. The van der Waals surface area contributed by atoms with Crippen LogP contribution in [0.5, 0.6) is 0 Å². The first-order valence-corrected chi connectivity index (χ1v) is 9.04. The fourth-order valence-electron chi connectivity index (χ4n) is 2.75. The molecule has 0 fully saturated rings. The van der Waals surface area contributed by atoms with Crippen molar-refractivity contribution >= 4 is 29.6 Å². The van der Waals surface area contributed by atoms with Crippen LogP contribution >= 0.6 is 0 Å². The zero-order valence-corrected chi connectivity index (χ0v) is 15.3. The summed E-state index contributed by atoms with van der Waals surface area (Å²) in [4.78, 5) is 27.5. The maximum absolute atomic E-state index is 12.5. The summed E-state index contributed by atoms with van der Waals surface area (Å²) in [5.74, 6) is -0.467. The molecule has 7 heteroatoms. The van der Waals surface area contributed by atoms with Gasteiger partial charge in [0.05, 0.1) is 0 Å². The molecule has 1 aliphatic rings. The van der Waals surface area contributed by atoms with Gasteiger partial charge in [-0.15, -0.1) is 0 Å². The molecule has 0 unspecified atom stereocenters. The highest BCUT2D eigenvalue weighted by Gasteiger charge is 2.08. The van der Waals surface area contributed by atoms with Crippen LogP contribution in [-0.2, 0) is 11.3 Å². The Hall–Kier alpha value is -3.61. The number of carboxylic acid groups (broad SMARTS) is 1. The molecule has 7 nitrogen and oxygen atoms in total. The number of rotatable bonds is 6. The number of carbonyl (C=O) groups excluding carboxylic acids is 1. The number of aliphatic imine (C=N–C) groups is 1. The van der Waals surface area contributed by atoms with Crippen LogP contribution in [0.4, 0.5) is 5.69 Å². The molecule has 0 aromatic heterocycles. The highest BCUT2D eigenvalue weighted by molar-refractivity contribution is 5.98. The number of nitrogens with zero attached hydrogens (tertiary/aromatic N) is 1. The number of nitrogens with one attached hydrogen (secondary N) is 3. The van der Waals surface area contributed by atoms with Gasteiger partial charge >= 0.3 is 5.97 Å². The van der Waals surface area contributed by atoms with E-state index in [1.54, 1.807) is 12.1 Å². The Morgan fingerprint density at radius 2 is 2.04 bits per heavy atom. The maximum atomic E-state index is 12.5. The lowest BCUT2D eigenvalue weighted by molar-refractivity contribution is -0.131. The van der Waals surface area contributed by atoms with Gasteiger partial charge in [0.1, 0.15) is 0 Å². The predicted octanol–water partition coefficient (Wildman–Crippen LogP) is 2.48. The van der Waals surface area contributed by atoms with Crippen LogP contribution < -0.4 is 16.0 Å². The lowest BCUT2D eigenvalue weighted by Crippen LogP contribution is -2.35. The van der Waals surface area contributed by atoms with Crippen LogP contribution in [0, 0.1) is 0 Å². The average molecular weight is 378 g/mol. The van der Waals surface area contributed by atoms with Gasteiger partial charge in [-0.2, -0.15) is 0 Å². The molecule has 1 heterocycles. The first kappa shape index (κ1) is 19.2. The molecule has 4 N–H and O–H groups in total. The summed E-state index contributed by atoms with van der Waals surface area (Å²) in [6.07, 6.45) is 3.62. The van der Waals surface area contributed by atoms with Gasteiger partial charge in [-0.25, -0.2) is 4.79 Å². The molecule has 1 aliphatic heterocycles. The topological polar surface area (TPSA) is 103 Å². The fourth-order valence-corrected chi connectivity index (χ4v) is 2.75. The number of guanidine groups is 1. The normalized spacial score (nSPS) is 13.5. The minimum atomic E-state index is -0.999. The second-order valence-electron chi connectivity index (χ2n) is 6.32. The number of benzene rings is 2. The van der Waals surface area contributed by atoms with Crippen molar-refractivity contribution in [2.75, 3.05) is 18.4 Å². The van der Waals surface area contributed by atoms with E-state index in [1.165, 1.54) is 6.08 Å². The largest absolute Gasteiger partial charge is 0.478 e. The summed E-state index contributed by atoms with van der Waals surface area (Å²) in [7, 11) is 0. The molecule has 0 spiro atoms. The first-order valence-electron chi connectivity index (χ1n) is 9.04. The van der Waals surface area contributed by atoms with Gasteiger partial charge in [-0.1, -0.05) is 24.3 Å². The second-order valence-corrected chi connectivity index (χ2v) is 6.32. The van der Waals surface area contributed by atoms with Crippen molar-refractivity contribution in [3.8, 4) is 0 Å². The van der Waals surface area contributed by atoms with Crippen molar-refractivity contribution in [1.29, 1.82) is 0 Å². The standard InChI is InChI=1S/C21H22N4O3/c26-19(27)9-8-15-4-1-5-16(12-15)14-24-20(28)17-6-2-7-18(13-17)25-21-22-10-3-11-23-21/h1-2,4-9,12-13H,3,10-11,14H2,(H,24,28)(H,26,27)(H2,22,23,25). The predicted molar refractivity (Wildman–Crippen MR) is 109 cm³/mol. The van der Waals surface area contributed by atoms with Gasteiger partial charge in [0, 0.05) is 37.0 Å². The molecule has 0 radical (unpaired) electrons. The van der Waals surface area contributed by atoms with Crippen LogP contribution in [0.1, 0.15) is 27.9 Å². The number of amides is 1. The van der Waals surface area contributed by atoms with Gasteiger partial charge in [0.15, 0.2) is 5.96 Å². The molecule has 0 aliphatic carbocycles. The summed E-state index contributed by atoms with van der Waals surface area (Å²) in [5.41, 5.74) is 2.99. The molecule has 0 bridgehead atoms. The van der Waals surface area contributed by atoms with E-state index in [9.17, 15) is 9.59 Å². The fraction of sp³-hybridized carbons (Fsp3) is 0.190. The van der Waals surface area contributed by atoms with Crippen LogP contribution in [0.2, 0.25) is 0 Å². The molecule has 1 amide bonds. The Morgan fingerprint density at radius 1 is 1.18 bits per heavy atom. The van der Waals surface area contributed by atoms with E-state index >= 15 is 0 Å². The lowest BCUT2D eigenvalue weighted by Gasteiger charge is -2.16. The van der Waals surface area contributed by atoms with Gasteiger partial charge in [0.2, 0.25) is 0 Å². The number of anilines is 1. The summed E-state index contributed by atoms with van der Waals surface area (Å²) in [5, 5.41) is 18.0.